The van der Waals surface area contributed by atoms with Crippen LogP contribution in [0.15, 0.2) is 30.7 Å². The summed E-state index contributed by atoms with van der Waals surface area (Å²) in [6.07, 6.45) is 5.08. The summed E-state index contributed by atoms with van der Waals surface area (Å²) in [6, 6.07) is 3.57. The molecule has 114 valence electrons. The number of aromatic nitrogens is 4. The van der Waals surface area contributed by atoms with E-state index in [1.54, 1.807) is 46.9 Å². The molecule has 0 saturated carbocycles. The van der Waals surface area contributed by atoms with Crippen LogP contribution in [0.3, 0.4) is 0 Å². The van der Waals surface area contributed by atoms with Crippen molar-refractivity contribution in [2.45, 2.75) is 13.5 Å². The van der Waals surface area contributed by atoms with E-state index in [0.29, 0.717) is 23.6 Å². The maximum Gasteiger partial charge on any atom is 0.270 e. The molecule has 0 aliphatic rings. The second-order valence-corrected chi connectivity index (χ2v) is 5.00. The lowest BCUT2D eigenvalue weighted by molar-refractivity contribution is 0.0945. The molecular formula is C15H17N5O2. The van der Waals surface area contributed by atoms with Gasteiger partial charge in [0.15, 0.2) is 0 Å². The van der Waals surface area contributed by atoms with E-state index in [4.69, 9.17) is 4.74 Å². The van der Waals surface area contributed by atoms with Crippen molar-refractivity contribution in [3.05, 3.63) is 47.7 Å². The van der Waals surface area contributed by atoms with Crippen molar-refractivity contribution in [3.63, 3.8) is 0 Å². The summed E-state index contributed by atoms with van der Waals surface area (Å²) in [4.78, 5) is 16.6. The lowest BCUT2D eigenvalue weighted by Gasteiger charge is -2.05. The molecule has 0 saturated heterocycles. The first-order valence-corrected chi connectivity index (χ1v) is 6.87. The third kappa shape index (κ3) is 2.41. The first kappa shape index (κ1) is 14.1. The Morgan fingerprint density at radius 3 is 2.91 bits per heavy atom. The maximum absolute atomic E-state index is 12.3. The van der Waals surface area contributed by atoms with Crippen LogP contribution in [0.1, 0.15) is 21.7 Å². The Morgan fingerprint density at radius 2 is 2.23 bits per heavy atom. The van der Waals surface area contributed by atoms with E-state index in [1.807, 2.05) is 14.0 Å². The van der Waals surface area contributed by atoms with Gasteiger partial charge in [0.05, 0.1) is 19.5 Å². The molecule has 0 bridgehead atoms. The van der Waals surface area contributed by atoms with Gasteiger partial charge in [-0.3, -0.25) is 13.9 Å². The molecule has 0 atom stereocenters. The summed E-state index contributed by atoms with van der Waals surface area (Å²) in [5.74, 6) is 0.525. The van der Waals surface area contributed by atoms with Gasteiger partial charge in [-0.15, -0.1) is 0 Å². The Kier molecular flexibility index (Phi) is 3.54. The molecule has 3 aromatic heterocycles. The van der Waals surface area contributed by atoms with E-state index < -0.39 is 0 Å². The van der Waals surface area contributed by atoms with Gasteiger partial charge in [-0.25, -0.2) is 4.98 Å². The van der Waals surface area contributed by atoms with Crippen LogP contribution >= 0.6 is 0 Å². The number of nitrogens with one attached hydrogen (secondary N) is 1. The van der Waals surface area contributed by atoms with E-state index in [-0.39, 0.29) is 5.91 Å². The predicted molar refractivity (Wildman–Crippen MR) is 80.9 cm³/mol. The first-order chi connectivity index (χ1) is 10.6. The van der Waals surface area contributed by atoms with Crippen LogP contribution in [0.25, 0.3) is 5.65 Å². The molecule has 1 amide bonds. The van der Waals surface area contributed by atoms with Crippen LogP contribution in [-0.2, 0) is 13.6 Å². The molecule has 7 heteroatoms. The number of carbonyl (C=O) groups excluding carboxylic acids is 1. The van der Waals surface area contributed by atoms with Gasteiger partial charge < -0.3 is 10.1 Å². The average Bonchev–Trinajstić information content (AvgIpc) is 3.09. The number of hydrogen-bond acceptors (Lipinski definition) is 4. The predicted octanol–water partition coefficient (Wildman–Crippen LogP) is 1.31. The van der Waals surface area contributed by atoms with E-state index in [2.05, 4.69) is 15.4 Å². The lowest BCUT2D eigenvalue weighted by atomic mass is 10.2. The summed E-state index contributed by atoms with van der Waals surface area (Å²) in [5, 5.41) is 7.05. The molecule has 0 aliphatic carbocycles. The smallest absolute Gasteiger partial charge is 0.270 e. The molecule has 0 aromatic carbocycles. The fourth-order valence-electron chi connectivity index (χ4n) is 2.24. The summed E-state index contributed by atoms with van der Waals surface area (Å²) in [5.41, 5.74) is 3.18. The number of imidazole rings is 1. The van der Waals surface area contributed by atoms with Crippen molar-refractivity contribution in [1.29, 1.82) is 0 Å². The zero-order chi connectivity index (χ0) is 15.7. The van der Waals surface area contributed by atoms with Gasteiger partial charge in [0.2, 0.25) is 0 Å². The van der Waals surface area contributed by atoms with Crippen molar-refractivity contribution in [1.82, 2.24) is 24.5 Å². The fraction of sp³-hybridized carbons (Fsp3) is 0.267. The van der Waals surface area contributed by atoms with Gasteiger partial charge in [0.1, 0.15) is 17.1 Å². The number of pyridine rings is 1. The number of aryl methyl sites for hydroxylation is 1. The highest BCUT2D eigenvalue weighted by Gasteiger charge is 2.13. The molecule has 3 rings (SSSR count). The van der Waals surface area contributed by atoms with Crippen molar-refractivity contribution < 1.29 is 9.53 Å². The van der Waals surface area contributed by atoms with Crippen molar-refractivity contribution in [3.8, 4) is 5.75 Å². The van der Waals surface area contributed by atoms with E-state index in [1.165, 1.54) is 0 Å². The molecule has 0 spiro atoms. The molecule has 22 heavy (non-hydrogen) atoms. The highest BCUT2D eigenvalue weighted by molar-refractivity contribution is 5.93. The number of carbonyl (C=O) groups is 1. The molecule has 0 unspecified atom stereocenters. The first-order valence-electron chi connectivity index (χ1n) is 6.87. The third-order valence-electron chi connectivity index (χ3n) is 3.73. The van der Waals surface area contributed by atoms with Gasteiger partial charge in [-0.1, -0.05) is 0 Å². The van der Waals surface area contributed by atoms with Crippen LogP contribution in [0.2, 0.25) is 0 Å². The van der Waals surface area contributed by atoms with E-state index >= 15 is 0 Å². The highest BCUT2D eigenvalue weighted by atomic mass is 16.5. The Hall–Kier alpha value is -2.83. The number of ether oxygens (including phenoxy) is 1. The van der Waals surface area contributed by atoms with Crippen molar-refractivity contribution >= 4 is 11.6 Å². The van der Waals surface area contributed by atoms with Gasteiger partial charge in [0.25, 0.3) is 5.91 Å². The number of rotatable bonds is 4. The molecule has 0 radical (unpaired) electrons. The zero-order valence-corrected chi connectivity index (χ0v) is 12.7. The Morgan fingerprint density at radius 1 is 1.41 bits per heavy atom. The van der Waals surface area contributed by atoms with E-state index in [0.717, 1.165) is 11.3 Å². The SMILES string of the molecule is COc1ccn2c(C(=O)NCc3cnn(C)c3C)cnc2c1. The Balaban J connectivity index is 1.79. The summed E-state index contributed by atoms with van der Waals surface area (Å²) in [6.45, 7) is 2.40. The van der Waals surface area contributed by atoms with Gasteiger partial charge >= 0.3 is 0 Å². The lowest BCUT2D eigenvalue weighted by Crippen LogP contribution is -2.24. The van der Waals surface area contributed by atoms with Crippen molar-refractivity contribution in [2.24, 2.45) is 7.05 Å². The van der Waals surface area contributed by atoms with Crippen LogP contribution in [0.5, 0.6) is 5.75 Å². The Bertz CT molecular complexity index is 834. The van der Waals surface area contributed by atoms with Gasteiger partial charge in [0, 0.05) is 37.1 Å². The molecule has 1 N–H and O–H groups in total. The van der Waals surface area contributed by atoms with Crippen LogP contribution in [0.4, 0.5) is 0 Å². The fourth-order valence-corrected chi connectivity index (χ4v) is 2.24. The average molecular weight is 299 g/mol. The number of amides is 1. The zero-order valence-electron chi connectivity index (χ0n) is 12.7. The van der Waals surface area contributed by atoms with Crippen molar-refractivity contribution in [2.75, 3.05) is 7.11 Å². The summed E-state index contributed by atoms with van der Waals surface area (Å²) in [7, 11) is 3.47. The van der Waals surface area contributed by atoms with Gasteiger partial charge in [-0.2, -0.15) is 5.10 Å². The molecule has 3 heterocycles. The maximum atomic E-state index is 12.3. The Labute approximate surface area is 127 Å². The second kappa shape index (κ2) is 5.51. The molecular weight excluding hydrogens is 282 g/mol. The van der Waals surface area contributed by atoms with E-state index in [9.17, 15) is 4.79 Å². The molecule has 3 aromatic rings. The molecule has 0 aliphatic heterocycles. The minimum atomic E-state index is -0.180. The monoisotopic (exact) mass is 299 g/mol. The van der Waals surface area contributed by atoms with Crippen LogP contribution in [0, 0.1) is 6.92 Å². The molecule has 7 nitrogen and oxygen atoms in total. The molecule has 0 fully saturated rings. The normalized spacial score (nSPS) is 10.9. The van der Waals surface area contributed by atoms with Gasteiger partial charge in [-0.05, 0) is 13.0 Å². The minimum Gasteiger partial charge on any atom is -0.497 e. The third-order valence-corrected chi connectivity index (χ3v) is 3.73. The highest BCUT2D eigenvalue weighted by Crippen LogP contribution is 2.15. The van der Waals surface area contributed by atoms with Crippen LogP contribution in [-0.4, -0.2) is 32.2 Å². The number of nitrogens with zero attached hydrogens (tertiary/aromatic N) is 4. The largest absolute Gasteiger partial charge is 0.497 e. The number of methoxy groups -OCH3 is 1. The number of fused-ring (bicyclic) bond motifs is 1. The topological polar surface area (TPSA) is 73.5 Å². The number of hydrogen-bond donors (Lipinski definition) is 1. The quantitative estimate of drug-likeness (QED) is 0.788. The minimum absolute atomic E-state index is 0.180. The van der Waals surface area contributed by atoms with Crippen LogP contribution < -0.4 is 10.1 Å². The standard InChI is InChI=1S/C15H17N5O2/c1-10-11(8-18-19(10)2)7-17-15(21)13-9-16-14-6-12(22-3)4-5-20(13)14/h4-6,8-9H,7H2,1-3H3,(H,17,21). The second-order valence-electron chi connectivity index (χ2n) is 5.00. The summed E-state index contributed by atoms with van der Waals surface area (Å²) >= 11 is 0. The summed E-state index contributed by atoms with van der Waals surface area (Å²) < 4.78 is 8.66.